The fraction of sp³-hybridized carbons (Fsp3) is 0.652. The summed E-state index contributed by atoms with van der Waals surface area (Å²) in [5, 5.41) is 0. The van der Waals surface area contributed by atoms with E-state index >= 15 is 0 Å². The van der Waals surface area contributed by atoms with Crippen molar-refractivity contribution in [3.8, 4) is 5.75 Å². The lowest BCUT2D eigenvalue weighted by Gasteiger charge is -2.50. The number of alkyl halides is 2. The van der Waals surface area contributed by atoms with Gasteiger partial charge in [-0.1, -0.05) is 0 Å². The minimum atomic E-state index is -2.97. The van der Waals surface area contributed by atoms with Crippen LogP contribution in [0.2, 0.25) is 0 Å². The zero-order valence-electron chi connectivity index (χ0n) is 18.0. The molecule has 1 aromatic heterocycles. The van der Waals surface area contributed by atoms with Crippen LogP contribution in [0.4, 0.5) is 14.6 Å². The van der Waals surface area contributed by atoms with Crippen LogP contribution in [0.3, 0.4) is 0 Å². The molecule has 2 saturated carbocycles. The van der Waals surface area contributed by atoms with Crippen LogP contribution in [-0.2, 0) is 4.74 Å². The number of rotatable bonds is 5. The first-order chi connectivity index (χ1) is 15.4. The fourth-order valence-corrected chi connectivity index (χ4v) is 6.77. The van der Waals surface area contributed by atoms with E-state index in [4.69, 9.17) is 21.2 Å². The normalized spacial score (nSPS) is 40.4. The number of halogens is 2. The second-order valence-electron chi connectivity index (χ2n) is 10.0. The van der Waals surface area contributed by atoms with Gasteiger partial charge in [0.1, 0.15) is 0 Å². The van der Waals surface area contributed by atoms with Crippen LogP contribution >= 0.6 is 0 Å². The third-order valence-corrected chi connectivity index (χ3v) is 8.05. The topological polar surface area (TPSA) is 99.0 Å². The zero-order valence-corrected chi connectivity index (χ0v) is 18.0. The molecule has 6 aliphatic rings. The standard InChI is InChI=1S/C23H29F2N5O2/c1-10-2-14-18(30-8-12-4-13(9-30)31-12)5-15-20(14)21(15)17(29-10)6-16(26)11-3-19(32-23(24)25)22(27)28-7-11/h3,6-7,10,12-15,18,20-21,23H,2,4-5,8-9,26H2,1H3,(H2,27,28)/t10?,12?,13?,14?,15-,18?,20+,21-/m1/s1. The number of anilines is 1. The number of allylic oxidation sites excluding steroid dienone is 1. The van der Waals surface area contributed by atoms with Crippen LogP contribution in [0.1, 0.15) is 31.7 Å². The van der Waals surface area contributed by atoms with Crippen molar-refractivity contribution in [1.82, 2.24) is 9.88 Å². The molecule has 8 atom stereocenters. The molecule has 4 N–H and O–H groups in total. The van der Waals surface area contributed by atoms with Crippen molar-refractivity contribution in [2.45, 2.75) is 57.1 Å². The van der Waals surface area contributed by atoms with E-state index in [-0.39, 0.29) is 17.6 Å². The van der Waals surface area contributed by atoms with Crippen LogP contribution < -0.4 is 16.2 Å². The van der Waals surface area contributed by atoms with Crippen LogP contribution in [0, 0.1) is 23.7 Å². The summed E-state index contributed by atoms with van der Waals surface area (Å²) in [6.07, 6.45) is 7.80. The molecule has 3 saturated heterocycles. The lowest BCUT2D eigenvalue weighted by atomic mass is 9.86. The number of ether oxygens (including phenoxy) is 2. The number of pyridine rings is 1. The number of nitrogens with zero attached hydrogens (tertiary/aromatic N) is 3. The van der Waals surface area contributed by atoms with E-state index in [2.05, 4.69) is 21.5 Å². The number of fused-ring (bicyclic) bond motifs is 3. The van der Waals surface area contributed by atoms with Crippen molar-refractivity contribution in [2.24, 2.45) is 34.4 Å². The van der Waals surface area contributed by atoms with Gasteiger partial charge >= 0.3 is 6.61 Å². The average molecular weight is 446 g/mol. The Hall–Kier alpha value is -2.26. The minimum Gasteiger partial charge on any atom is -0.431 e. The number of nitrogen functional groups attached to an aromatic ring is 1. The number of hydrogen-bond acceptors (Lipinski definition) is 7. The van der Waals surface area contributed by atoms with Crippen LogP contribution in [-0.4, -0.2) is 59.6 Å². The van der Waals surface area contributed by atoms with E-state index in [0.717, 1.165) is 25.2 Å². The van der Waals surface area contributed by atoms with E-state index < -0.39 is 6.61 Å². The quantitative estimate of drug-likeness (QED) is 0.723. The molecule has 7 nitrogen and oxygen atoms in total. The first kappa shape index (κ1) is 20.4. The molecule has 5 heterocycles. The average Bonchev–Trinajstić information content (AvgIpc) is 3.35. The number of morpholine rings is 1. The van der Waals surface area contributed by atoms with Gasteiger partial charge in [-0.15, -0.1) is 0 Å². The molecule has 9 heteroatoms. The number of nitrogens with two attached hydrogens (primary N) is 2. The Kier molecular flexibility index (Phi) is 4.69. The van der Waals surface area contributed by atoms with Crippen LogP contribution in [0.5, 0.6) is 5.75 Å². The molecule has 2 bridgehead atoms. The molecule has 0 radical (unpaired) electrons. The van der Waals surface area contributed by atoms with Crippen molar-refractivity contribution < 1.29 is 18.3 Å². The zero-order chi connectivity index (χ0) is 22.1. The third kappa shape index (κ3) is 3.37. The van der Waals surface area contributed by atoms with Gasteiger partial charge in [-0.05, 0) is 49.7 Å². The highest BCUT2D eigenvalue weighted by Gasteiger charge is 2.65. The molecule has 172 valence electrons. The van der Waals surface area contributed by atoms with E-state index in [1.165, 1.54) is 25.1 Å². The van der Waals surface area contributed by atoms with Gasteiger partial charge in [-0.3, -0.25) is 9.89 Å². The summed E-state index contributed by atoms with van der Waals surface area (Å²) in [6.45, 7) is 1.35. The Labute approximate surface area is 185 Å². The summed E-state index contributed by atoms with van der Waals surface area (Å²) in [4.78, 5) is 11.7. The molecule has 5 unspecified atom stereocenters. The maximum absolute atomic E-state index is 12.6. The summed E-state index contributed by atoms with van der Waals surface area (Å²) in [6, 6.07) is 2.28. The van der Waals surface area contributed by atoms with Gasteiger partial charge < -0.3 is 20.9 Å². The molecule has 5 fully saturated rings. The molecule has 32 heavy (non-hydrogen) atoms. The first-order valence-electron chi connectivity index (χ1n) is 11.5. The van der Waals surface area contributed by atoms with Gasteiger partial charge in [-0.2, -0.15) is 8.78 Å². The summed E-state index contributed by atoms with van der Waals surface area (Å²) in [5.41, 5.74) is 14.0. The van der Waals surface area contributed by atoms with Crippen LogP contribution in [0.25, 0.3) is 5.70 Å². The molecule has 1 aromatic rings. The van der Waals surface area contributed by atoms with Crippen molar-refractivity contribution in [1.29, 1.82) is 0 Å². The lowest BCUT2D eigenvalue weighted by Crippen LogP contribution is -2.60. The van der Waals surface area contributed by atoms with Gasteiger partial charge in [-0.25, -0.2) is 4.98 Å². The molecule has 0 amide bonds. The predicted molar refractivity (Wildman–Crippen MR) is 116 cm³/mol. The van der Waals surface area contributed by atoms with Gasteiger partial charge in [0.25, 0.3) is 0 Å². The second kappa shape index (κ2) is 7.38. The smallest absolute Gasteiger partial charge is 0.387 e. The summed E-state index contributed by atoms with van der Waals surface area (Å²) in [7, 11) is 0. The third-order valence-electron chi connectivity index (χ3n) is 8.05. The van der Waals surface area contributed by atoms with E-state index in [9.17, 15) is 8.78 Å². The number of piperidine rings is 1. The first-order valence-corrected chi connectivity index (χ1v) is 11.5. The Balaban J connectivity index is 1.20. The molecular weight excluding hydrogens is 416 g/mol. The van der Waals surface area contributed by atoms with Gasteiger partial charge in [0.05, 0.1) is 12.2 Å². The van der Waals surface area contributed by atoms with Crippen molar-refractivity contribution in [3.05, 3.63) is 23.9 Å². The largest absolute Gasteiger partial charge is 0.431 e. The maximum atomic E-state index is 12.6. The predicted octanol–water partition coefficient (Wildman–Crippen LogP) is 2.52. The highest BCUT2D eigenvalue weighted by molar-refractivity contribution is 6.04. The molecule has 0 spiro atoms. The Morgan fingerprint density at radius 3 is 2.72 bits per heavy atom. The van der Waals surface area contributed by atoms with E-state index in [0.29, 0.717) is 53.2 Å². The summed E-state index contributed by atoms with van der Waals surface area (Å²) < 4.78 is 35.6. The van der Waals surface area contributed by atoms with Crippen molar-refractivity contribution in [3.63, 3.8) is 0 Å². The molecule has 4 aliphatic heterocycles. The minimum absolute atomic E-state index is 0.0892. The van der Waals surface area contributed by atoms with Gasteiger partial charge in [0.2, 0.25) is 0 Å². The highest BCUT2D eigenvalue weighted by atomic mass is 19.3. The van der Waals surface area contributed by atoms with E-state index in [1.54, 1.807) is 0 Å². The molecular formula is C23H29F2N5O2. The Morgan fingerprint density at radius 2 is 2.00 bits per heavy atom. The van der Waals surface area contributed by atoms with Crippen molar-refractivity contribution in [2.75, 3.05) is 18.8 Å². The summed E-state index contributed by atoms with van der Waals surface area (Å²) in [5.74, 6) is 2.16. The van der Waals surface area contributed by atoms with Crippen molar-refractivity contribution >= 4 is 17.2 Å². The Bertz CT molecular complexity index is 969. The highest BCUT2D eigenvalue weighted by Crippen LogP contribution is 2.64. The molecule has 0 aromatic carbocycles. The van der Waals surface area contributed by atoms with Gasteiger partial charge in [0, 0.05) is 60.7 Å². The van der Waals surface area contributed by atoms with Crippen LogP contribution in [0.15, 0.2) is 23.3 Å². The molecule has 2 aliphatic carbocycles. The number of hydrogen-bond donors (Lipinski definition) is 2. The Morgan fingerprint density at radius 1 is 1.25 bits per heavy atom. The second-order valence-corrected chi connectivity index (χ2v) is 10.0. The van der Waals surface area contributed by atoms with E-state index in [1.807, 2.05) is 6.08 Å². The SMILES string of the molecule is CC1CC2C(N3CC4CC(C3)O4)C[C@H]3[C@H](C(C=C(N)c4cnc(N)c(OC(F)F)c4)=N1)[C@@H]23. The number of aliphatic imine (C=N–C) groups is 1. The van der Waals surface area contributed by atoms with Gasteiger partial charge in [0.15, 0.2) is 11.6 Å². The summed E-state index contributed by atoms with van der Waals surface area (Å²) >= 11 is 0. The fourth-order valence-electron chi connectivity index (χ4n) is 6.77. The monoisotopic (exact) mass is 445 g/mol. The molecule has 7 rings (SSSR count). The maximum Gasteiger partial charge on any atom is 0.387 e. The number of aromatic nitrogens is 1. The lowest BCUT2D eigenvalue weighted by molar-refractivity contribution is -0.191.